The number of rotatable bonds is 8. The van der Waals surface area contributed by atoms with Gasteiger partial charge in [-0.05, 0) is 37.0 Å². The quantitative estimate of drug-likeness (QED) is 0.770. The van der Waals surface area contributed by atoms with Crippen molar-refractivity contribution in [3.05, 3.63) is 22.7 Å². The SMILES string of the molecule is CCC(N)Cc1cc(Cl)c(OC(CC)C(N)=O)c(OC)c1. The molecule has 0 aliphatic carbocycles. The van der Waals surface area contributed by atoms with Crippen LogP contribution in [-0.2, 0) is 11.2 Å². The van der Waals surface area contributed by atoms with Crippen LogP contribution in [0.2, 0.25) is 5.02 Å². The van der Waals surface area contributed by atoms with Crippen LogP contribution >= 0.6 is 11.6 Å². The van der Waals surface area contributed by atoms with Crippen molar-refractivity contribution in [2.24, 2.45) is 11.5 Å². The van der Waals surface area contributed by atoms with Crippen LogP contribution in [0, 0.1) is 0 Å². The third-order valence-electron chi connectivity index (χ3n) is 3.26. The molecule has 1 aromatic rings. The molecule has 2 unspecified atom stereocenters. The zero-order valence-corrected chi connectivity index (χ0v) is 13.4. The number of hydrogen-bond acceptors (Lipinski definition) is 4. The van der Waals surface area contributed by atoms with Crippen LogP contribution in [0.5, 0.6) is 11.5 Å². The number of methoxy groups -OCH3 is 1. The van der Waals surface area contributed by atoms with Gasteiger partial charge in [-0.3, -0.25) is 4.79 Å². The Balaban J connectivity index is 3.07. The lowest BCUT2D eigenvalue weighted by Crippen LogP contribution is -2.33. The largest absolute Gasteiger partial charge is 0.493 e. The van der Waals surface area contributed by atoms with Gasteiger partial charge in [-0.1, -0.05) is 25.4 Å². The van der Waals surface area contributed by atoms with E-state index in [0.717, 1.165) is 12.0 Å². The van der Waals surface area contributed by atoms with Crippen molar-refractivity contribution in [3.63, 3.8) is 0 Å². The first kappa shape index (κ1) is 17.6. The van der Waals surface area contributed by atoms with Crippen LogP contribution in [0.4, 0.5) is 0 Å². The molecule has 0 aliphatic heterocycles. The Morgan fingerprint density at radius 1 is 1.33 bits per heavy atom. The summed E-state index contributed by atoms with van der Waals surface area (Å²) in [6.45, 7) is 3.84. The molecule has 0 saturated carbocycles. The fourth-order valence-electron chi connectivity index (χ4n) is 1.94. The summed E-state index contributed by atoms with van der Waals surface area (Å²) >= 11 is 6.25. The summed E-state index contributed by atoms with van der Waals surface area (Å²) in [6.07, 6.45) is 1.29. The molecule has 1 aromatic carbocycles. The molecule has 0 bridgehead atoms. The lowest BCUT2D eigenvalue weighted by molar-refractivity contribution is -0.124. The molecule has 0 fully saturated rings. The van der Waals surface area contributed by atoms with E-state index in [2.05, 4.69) is 0 Å². The second-order valence-corrected chi connectivity index (χ2v) is 5.31. The maximum Gasteiger partial charge on any atom is 0.258 e. The van der Waals surface area contributed by atoms with Crippen LogP contribution in [0.15, 0.2) is 12.1 Å². The molecule has 118 valence electrons. The first-order valence-corrected chi connectivity index (χ1v) is 7.38. The molecule has 0 saturated heterocycles. The van der Waals surface area contributed by atoms with E-state index in [4.69, 9.17) is 32.5 Å². The van der Waals surface area contributed by atoms with Crippen LogP contribution in [-0.4, -0.2) is 25.2 Å². The highest BCUT2D eigenvalue weighted by molar-refractivity contribution is 6.32. The van der Waals surface area contributed by atoms with Crippen LogP contribution < -0.4 is 20.9 Å². The molecule has 4 N–H and O–H groups in total. The van der Waals surface area contributed by atoms with E-state index < -0.39 is 12.0 Å². The Labute approximate surface area is 130 Å². The summed E-state index contributed by atoms with van der Waals surface area (Å²) in [6, 6.07) is 3.67. The fraction of sp³-hybridized carbons (Fsp3) is 0.533. The number of amides is 1. The lowest BCUT2D eigenvalue weighted by Gasteiger charge is -2.19. The Kier molecular flexibility index (Phi) is 6.78. The zero-order chi connectivity index (χ0) is 16.0. The van der Waals surface area contributed by atoms with Gasteiger partial charge < -0.3 is 20.9 Å². The van der Waals surface area contributed by atoms with E-state index >= 15 is 0 Å². The summed E-state index contributed by atoms with van der Waals surface area (Å²) in [7, 11) is 1.52. The van der Waals surface area contributed by atoms with Gasteiger partial charge in [0.05, 0.1) is 12.1 Å². The minimum atomic E-state index is -0.736. The van der Waals surface area contributed by atoms with E-state index in [0.29, 0.717) is 29.4 Å². The monoisotopic (exact) mass is 314 g/mol. The highest BCUT2D eigenvalue weighted by atomic mass is 35.5. The molecule has 0 spiro atoms. The summed E-state index contributed by atoms with van der Waals surface area (Å²) in [4.78, 5) is 11.3. The molecule has 0 aromatic heterocycles. The summed E-state index contributed by atoms with van der Waals surface area (Å²) in [5.41, 5.74) is 12.2. The molecule has 21 heavy (non-hydrogen) atoms. The molecule has 0 heterocycles. The van der Waals surface area contributed by atoms with Crippen LogP contribution in [0.1, 0.15) is 32.3 Å². The third kappa shape index (κ3) is 4.79. The normalized spacial score (nSPS) is 13.6. The number of hydrogen-bond donors (Lipinski definition) is 2. The third-order valence-corrected chi connectivity index (χ3v) is 3.54. The van der Waals surface area contributed by atoms with Crippen molar-refractivity contribution < 1.29 is 14.3 Å². The predicted octanol–water partition coefficient (Wildman–Crippen LogP) is 2.27. The average molecular weight is 315 g/mol. The fourth-order valence-corrected chi connectivity index (χ4v) is 2.22. The van der Waals surface area contributed by atoms with E-state index in [1.54, 1.807) is 6.07 Å². The van der Waals surface area contributed by atoms with Gasteiger partial charge in [0.1, 0.15) is 0 Å². The van der Waals surface area contributed by atoms with Gasteiger partial charge in [0.25, 0.3) is 5.91 Å². The highest BCUT2D eigenvalue weighted by Gasteiger charge is 2.20. The van der Waals surface area contributed by atoms with Gasteiger partial charge >= 0.3 is 0 Å². The Bertz CT molecular complexity index is 494. The van der Waals surface area contributed by atoms with Crippen molar-refractivity contribution in [3.8, 4) is 11.5 Å². The minimum Gasteiger partial charge on any atom is -0.493 e. The second-order valence-electron chi connectivity index (χ2n) is 4.90. The maximum absolute atomic E-state index is 11.3. The molecule has 0 aliphatic rings. The van der Waals surface area contributed by atoms with Gasteiger partial charge in [-0.25, -0.2) is 0 Å². The lowest BCUT2D eigenvalue weighted by atomic mass is 10.0. The topological polar surface area (TPSA) is 87.6 Å². The molecular weight excluding hydrogens is 292 g/mol. The molecule has 5 nitrogen and oxygen atoms in total. The van der Waals surface area contributed by atoms with E-state index in [9.17, 15) is 4.79 Å². The molecule has 2 atom stereocenters. The highest BCUT2D eigenvalue weighted by Crippen LogP contribution is 2.37. The minimum absolute atomic E-state index is 0.0616. The van der Waals surface area contributed by atoms with E-state index in [1.807, 2.05) is 19.9 Å². The maximum atomic E-state index is 11.3. The predicted molar refractivity (Wildman–Crippen MR) is 83.9 cm³/mol. The van der Waals surface area contributed by atoms with Crippen LogP contribution in [0.3, 0.4) is 0 Å². The Hall–Kier alpha value is -1.46. The number of primary amides is 1. The van der Waals surface area contributed by atoms with Crippen molar-refractivity contribution in [1.29, 1.82) is 0 Å². The second kappa shape index (κ2) is 8.10. The van der Waals surface area contributed by atoms with Crippen molar-refractivity contribution in [2.75, 3.05) is 7.11 Å². The molecule has 6 heteroatoms. The number of benzene rings is 1. The van der Waals surface area contributed by atoms with E-state index in [-0.39, 0.29) is 6.04 Å². The first-order chi connectivity index (χ1) is 9.92. The van der Waals surface area contributed by atoms with Gasteiger partial charge in [0.15, 0.2) is 17.6 Å². The molecular formula is C15H23ClN2O3. The smallest absolute Gasteiger partial charge is 0.258 e. The average Bonchev–Trinajstić information content (AvgIpc) is 2.45. The number of ether oxygens (including phenoxy) is 2. The van der Waals surface area contributed by atoms with E-state index in [1.165, 1.54) is 7.11 Å². The molecule has 1 amide bonds. The molecule has 1 rings (SSSR count). The van der Waals surface area contributed by atoms with Crippen molar-refractivity contribution in [2.45, 2.75) is 45.3 Å². The summed E-state index contributed by atoms with van der Waals surface area (Å²) in [5, 5.41) is 0.382. The van der Waals surface area contributed by atoms with Crippen LogP contribution in [0.25, 0.3) is 0 Å². The van der Waals surface area contributed by atoms with Crippen molar-refractivity contribution >= 4 is 17.5 Å². The summed E-state index contributed by atoms with van der Waals surface area (Å²) < 4.78 is 10.9. The van der Waals surface area contributed by atoms with Gasteiger partial charge in [0, 0.05) is 6.04 Å². The number of carbonyl (C=O) groups is 1. The zero-order valence-electron chi connectivity index (χ0n) is 12.7. The van der Waals surface area contributed by atoms with Gasteiger partial charge in [-0.15, -0.1) is 0 Å². The standard InChI is InChI=1S/C15H23ClN2O3/c1-4-10(17)6-9-7-11(16)14(13(8-9)20-3)21-12(5-2)15(18)19/h7-8,10,12H,4-6,17H2,1-3H3,(H2,18,19). The molecule has 0 radical (unpaired) electrons. The van der Waals surface area contributed by atoms with Gasteiger partial charge in [0.2, 0.25) is 0 Å². The summed E-state index contributed by atoms with van der Waals surface area (Å²) in [5.74, 6) is 0.270. The number of nitrogens with two attached hydrogens (primary N) is 2. The Morgan fingerprint density at radius 3 is 2.48 bits per heavy atom. The Morgan fingerprint density at radius 2 is 2.00 bits per heavy atom. The number of halogens is 1. The first-order valence-electron chi connectivity index (χ1n) is 7.00. The van der Waals surface area contributed by atoms with Gasteiger partial charge in [-0.2, -0.15) is 0 Å². The number of carbonyl (C=O) groups excluding carboxylic acids is 1. The van der Waals surface area contributed by atoms with Crippen molar-refractivity contribution in [1.82, 2.24) is 0 Å².